The maximum absolute atomic E-state index is 12.0. The molecule has 1 aromatic carbocycles. The van der Waals surface area contributed by atoms with Crippen LogP contribution < -0.4 is 15.4 Å². The number of ether oxygens (including phenoxy) is 1. The summed E-state index contributed by atoms with van der Waals surface area (Å²) in [7, 11) is 0. The van der Waals surface area contributed by atoms with Crippen LogP contribution in [0.3, 0.4) is 0 Å². The fraction of sp³-hybridized carbons (Fsp3) is 0.400. The third-order valence-corrected chi connectivity index (χ3v) is 5.30. The largest absolute Gasteiger partial charge is 0.490 e. The molecular weight excluding hydrogens is 348 g/mol. The molecule has 2 amide bonds. The summed E-state index contributed by atoms with van der Waals surface area (Å²) in [5.41, 5.74) is 0.982. The van der Waals surface area contributed by atoms with Crippen LogP contribution in [-0.4, -0.2) is 24.5 Å². The maximum Gasteiger partial charge on any atom is 0.261 e. The van der Waals surface area contributed by atoms with Gasteiger partial charge in [0.2, 0.25) is 5.91 Å². The van der Waals surface area contributed by atoms with E-state index in [-0.39, 0.29) is 18.2 Å². The summed E-state index contributed by atoms with van der Waals surface area (Å²) in [5.74, 6) is 0.626. The predicted molar refractivity (Wildman–Crippen MR) is 102 cm³/mol. The van der Waals surface area contributed by atoms with Crippen molar-refractivity contribution in [2.45, 2.75) is 44.8 Å². The molecule has 0 saturated heterocycles. The fourth-order valence-electron chi connectivity index (χ4n) is 3.02. The first-order valence-electron chi connectivity index (χ1n) is 9.05. The predicted octanol–water partition coefficient (Wildman–Crippen LogP) is 3.51. The van der Waals surface area contributed by atoms with Gasteiger partial charge in [-0.3, -0.25) is 9.59 Å². The van der Waals surface area contributed by atoms with Gasteiger partial charge in [-0.25, -0.2) is 0 Å². The average molecular weight is 372 g/mol. The van der Waals surface area contributed by atoms with Crippen LogP contribution in [0.1, 0.15) is 47.3 Å². The van der Waals surface area contributed by atoms with Gasteiger partial charge in [-0.1, -0.05) is 24.3 Å². The first-order valence-corrected chi connectivity index (χ1v) is 9.93. The Bertz CT molecular complexity index is 724. The van der Waals surface area contributed by atoms with Crippen molar-refractivity contribution in [3.8, 4) is 5.75 Å². The van der Waals surface area contributed by atoms with Crippen LogP contribution in [0.4, 0.5) is 0 Å². The van der Waals surface area contributed by atoms with Gasteiger partial charge in [0.25, 0.3) is 5.91 Å². The molecule has 0 aliphatic heterocycles. The highest BCUT2D eigenvalue weighted by molar-refractivity contribution is 7.12. The summed E-state index contributed by atoms with van der Waals surface area (Å²) >= 11 is 1.39. The van der Waals surface area contributed by atoms with Crippen LogP contribution >= 0.6 is 11.3 Å². The molecule has 1 fully saturated rings. The molecule has 0 bridgehead atoms. The summed E-state index contributed by atoms with van der Waals surface area (Å²) in [6.45, 7) is 0.753. The minimum Gasteiger partial charge on any atom is -0.490 e. The number of para-hydroxylation sites is 1. The van der Waals surface area contributed by atoms with Crippen molar-refractivity contribution in [2.24, 2.45) is 0 Å². The highest BCUT2D eigenvalue weighted by Crippen LogP contribution is 2.26. The van der Waals surface area contributed by atoms with Crippen LogP contribution in [0.15, 0.2) is 41.8 Å². The van der Waals surface area contributed by atoms with Crippen LogP contribution in [0.5, 0.6) is 5.75 Å². The van der Waals surface area contributed by atoms with E-state index in [1.807, 2.05) is 35.7 Å². The molecule has 0 radical (unpaired) electrons. The van der Waals surface area contributed by atoms with Crippen LogP contribution in [0.2, 0.25) is 0 Å². The number of carbonyl (C=O) groups is 2. The summed E-state index contributed by atoms with van der Waals surface area (Å²) in [6.07, 6.45) is 5.19. The highest BCUT2D eigenvalue weighted by atomic mass is 32.1. The average Bonchev–Trinajstić information content (AvgIpc) is 3.35. The van der Waals surface area contributed by atoms with E-state index in [1.54, 1.807) is 6.07 Å². The molecule has 2 aromatic rings. The molecule has 1 aliphatic carbocycles. The third kappa shape index (κ3) is 5.33. The van der Waals surface area contributed by atoms with Crippen molar-refractivity contribution < 1.29 is 14.3 Å². The quantitative estimate of drug-likeness (QED) is 0.745. The van der Waals surface area contributed by atoms with Gasteiger partial charge >= 0.3 is 0 Å². The van der Waals surface area contributed by atoms with Crippen molar-refractivity contribution in [1.29, 1.82) is 0 Å². The van der Waals surface area contributed by atoms with Gasteiger partial charge in [-0.2, -0.15) is 0 Å². The molecule has 3 rings (SSSR count). The number of nitrogens with one attached hydrogen (secondary N) is 2. The smallest absolute Gasteiger partial charge is 0.261 e. The molecule has 0 unspecified atom stereocenters. The fourth-order valence-corrected chi connectivity index (χ4v) is 3.66. The second-order valence-electron chi connectivity index (χ2n) is 6.39. The Morgan fingerprint density at radius 1 is 1.08 bits per heavy atom. The van der Waals surface area contributed by atoms with E-state index >= 15 is 0 Å². The molecule has 6 heteroatoms. The number of carbonyl (C=O) groups excluding carboxylic acids is 2. The third-order valence-electron chi connectivity index (χ3n) is 4.43. The Hall–Kier alpha value is -2.34. The Morgan fingerprint density at radius 2 is 1.88 bits per heavy atom. The zero-order valence-electron chi connectivity index (χ0n) is 14.7. The van der Waals surface area contributed by atoms with Crippen molar-refractivity contribution >= 4 is 23.2 Å². The number of rotatable bonds is 8. The topological polar surface area (TPSA) is 67.4 Å². The molecule has 0 atom stereocenters. The summed E-state index contributed by atoms with van der Waals surface area (Å²) in [5, 5.41) is 7.52. The Kier molecular flexibility index (Phi) is 6.66. The van der Waals surface area contributed by atoms with E-state index in [2.05, 4.69) is 10.6 Å². The number of thiophene rings is 1. The lowest BCUT2D eigenvalue weighted by molar-refractivity contribution is -0.121. The van der Waals surface area contributed by atoms with Crippen molar-refractivity contribution in [3.05, 3.63) is 52.2 Å². The van der Waals surface area contributed by atoms with Crippen LogP contribution in [-0.2, 0) is 11.3 Å². The van der Waals surface area contributed by atoms with E-state index in [9.17, 15) is 9.59 Å². The van der Waals surface area contributed by atoms with E-state index < -0.39 is 0 Å². The maximum atomic E-state index is 12.0. The van der Waals surface area contributed by atoms with Gasteiger partial charge < -0.3 is 15.4 Å². The number of benzene rings is 1. The molecule has 1 heterocycles. The van der Waals surface area contributed by atoms with Gasteiger partial charge in [0.1, 0.15) is 5.75 Å². The lowest BCUT2D eigenvalue weighted by Crippen LogP contribution is -2.30. The van der Waals surface area contributed by atoms with E-state index in [1.165, 1.54) is 24.2 Å². The zero-order valence-corrected chi connectivity index (χ0v) is 15.5. The normalized spacial score (nSPS) is 14.2. The molecule has 0 spiro atoms. The Balaban J connectivity index is 1.42. The molecule has 1 aliphatic rings. The van der Waals surface area contributed by atoms with Gasteiger partial charge in [0, 0.05) is 25.1 Å². The van der Waals surface area contributed by atoms with E-state index in [0.29, 0.717) is 24.1 Å². The van der Waals surface area contributed by atoms with E-state index in [0.717, 1.165) is 24.2 Å². The highest BCUT2D eigenvalue weighted by Gasteiger charge is 2.17. The number of amides is 2. The van der Waals surface area contributed by atoms with E-state index in [4.69, 9.17) is 4.74 Å². The summed E-state index contributed by atoms with van der Waals surface area (Å²) in [4.78, 5) is 24.5. The number of hydrogen-bond donors (Lipinski definition) is 2. The minimum atomic E-state index is -0.136. The molecular formula is C20H24N2O3S. The standard InChI is InChI=1S/C20H24N2O3S/c23-19(11-12-21-20(24)18-10-5-13-26-18)22-14-15-6-1-4-9-17(15)25-16-7-2-3-8-16/h1,4-6,9-10,13,16H,2-3,7-8,11-12,14H2,(H,21,24)(H,22,23). The molecule has 2 N–H and O–H groups in total. The Morgan fingerprint density at radius 3 is 2.65 bits per heavy atom. The molecule has 26 heavy (non-hydrogen) atoms. The van der Waals surface area contributed by atoms with Gasteiger partial charge in [-0.15, -0.1) is 11.3 Å². The van der Waals surface area contributed by atoms with Crippen LogP contribution in [0.25, 0.3) is 0 Å². The molecule has 1 saturated carbocycles. The summed E-state index contributed by atoms with van der Waals surface area (Å²) < 4.78 is 6.09. The zero-order chi connectivity index (χ0) is 18.2. The van der Waals surface area contributed by atoms with Gasteiger partial charge in [0.05, 0.1) is 11.0 Å². The summed E-state index contributed by atoms with van der Waals surface area (Å²) in [6, 6.07) is 11.4. The van der Waals surface area contributed by atoms with Gasteiger partial charge in [0.15, 0.2) is 0 Å². The minimum absolute atomic E-state index is 0.0906. The van der Waals surface area contributed by atoms with Crippen LogP contribution in [0, 0.1) is 0 Å². The molecule has 5 nitrogen and oxygen atoms in total. The SMILES string of the molecule is O=C(CCNC(=O)c1cccs1)NCc1ccccc1OC1CCCC1. The number of hydrogen-bond acceptors (Lipinski definition) is 4. The monoisotopic (exact) mass is 372 g/mol. The van der Waals surface area contributed by atoms with Crippen molar-refractivity contribution in [3.63, 3.8) is 0 Å². The molecule has 1 aromatic heterocycles. The lowest BCUT2D eigenvalue weighted by atomic mass is 10.2. The van der Waals surface area contributed by atoms with Gasteiger partial charge in [-0.05, 0) is 43.2 Å². The first-order chi connectivity index (χ1) is 12.7. The van der Waals surface area contributed by atoms with Crippen molar-refractivity contribution in [2.75, 3.05) is 6.54 Å². The lowest BCUT2D eigenvalue weighted by Gasteiger charge is -2.16. The second kappa shape index (κ2) is 9.38. The molecule has 138 valence electrons. The second-order valence-corrected chi connectivity index (χ2v) is 7.34. The first kappa shape index (κ1) is 18.5. The van der Waals surface area contributed by atoms with Crippen molar-refractivity contribution in [1.82, 2.24) is 10.6 Å². The Labute approximate surface area is 157 Å².